The van der Waals surface area contributed by atoms with Gasteiger partial charge in [0.1, 0.15) is 17.5 Å². The summed E-state index contributed by atoms with van der Waals surface area (Å²) in [6.45, 7) is 1.64. The van der Waals surface area contributed by atoms with Gasteiger partial charge in [-0.15, -0.1) is 11.3 Å². The number of benzene rings is 1. The molecule has 0 aliphatic heterocycles. The highest BCUT2D eigenvalue weighted by molar-refractivity contribution is 7.98. The molecular weight excluding hydrogens is 345 g/mol. The Hall–Kier alpha value is -1.54. The molecule has 1 N–H and O–H groups in total. The van der Waals surface area contributed by atoms with E-state index < -0.39 is 17.5 Å². The highest BCUT2D eigenvalue weighted by Gasteiger charge is 2.20. The van der Waals surface area contributed by atoms with Gasteiger partial charge >= 0.3 is 0 Å². The van der Waals surface area contributed by atoms with Gasteiger partial charge in [0.2, 0.25) is 5.91 Å². The van der Waals surface area contributed by atoms with Crippen LogP contribution in [0, 0.1) is 24.4 Å². The first kappa shape index (κ1) is 17.8. The zero-order chi connectivity index (χ0) is 17.0. The van der Waals surface area contributed by atoms with E-state index in [-0.39, 0.29) is 22.3 Å². The van der Waals surface area contributed by atoms with Gasteiger partial charge in [0.05, 0.1) is 11.3 Å². The van der Waals surface area contributed by atoms with Gasteiger partial charge in [-0.2, -0.15) is 11.8 Å². The third-order valence-electron chi connectivity index (χ3n) is 3.04. The maximum atomic E-state index is 13.8. The van der Waals surface area contributed by atoms with E-state index in [9.17, 15) is 18.0 Å². The molecule has 0 bridgehead atoms. The molecule has 1 aromatic carbocycles. The summed E-state index contributed by atoms with van der Waals surface area (Å²) in [6, 6.07) is 1.22. The number of nitrogens with zero attached hydrogens (tertiary/aromatic N) is 1. The predicted molar refractivity (Wildman–Crippen MR) is 88.4 cm³/mol. The van der Waals surface area contributed by atoms with Gasteiger partial charge in [0.25, 0.3) is 0 Å². The van der Waals surface area contributed by atoms with Crippen molar-refractivity contribution < 1.29 is 18.0 Å². The summed E-state index contributed by atoms with van der Waals surface area (Å²) in [4.78, 5) is 16.4. The molecule has 0 saturated carbocycles. The van der Waals surface area contributed by atoms with Crippen LogP contribution in [0.25, 0.3) is 11.3 Å². The van der Waals surface area contributed by atoms with E-state index in [0.717, 1.165) is 23.5 Å². The second kappa shape index (κ2) is 7.83. The fourth-order valence-electron chi connectivity index (χ4n) is 2.01. The molecule has 3 nitrogen and oxygen atoms in total. The quantitative estimate of drug-likeness (QED) is 0.765. The Morgan fingerprint density at radius 1 is 1.30 bits per heavy atom. The Kier molecular flexibility index (Phi) is 6.06. The molecule has 1 heterocycles. The number of carbonyl (C=O) groups excluding carboxylic acids is 1. The van der Waals surface area contributed by atoms with Crippen molar-refractivity contribution in [3.63, 3.8) is 0 Å². The number of thiazole rings is 1. The van der Waals surface area contributed by atoms with E-state index in [0.29, 0.717) is 23.4 Å². The fourth-order valence-corrected chi connectivity index (χ4v) is 3.28. The lowest BCUT2D eigenvalue weighted by molar-refractivity contribution is -0.116. The number of nitrogens with one attached hydrogen (secondary N) is 1. The first-order chi connectivity index (χ1) is 10.9. The Labute approximate surface area is 140 Å². The molecule has 1 aromatic heterocycles. The molecule has 0 unspecified atom stereocenters. The number of hydrogen-bond acceptors (Lipinski definition) is 4. The van der Waals surface area contributed by atoms with Crippen molar-refractivity contribution in [3.8, 4) is 11.3 Å². The van der Waals surface area contributed by atoms with Crippen molar-refractivity contribution >= 4 is 34.1 Å². The number of anilines is 1. The number of aromatic nitrogens is 1. The van der Waals surface area contributed by atoms with Crippen molar-refractivity contribution in [2.75, 3.05) is 17.3 Å². The second-order valence-electron chi connectivity index (χ2n) is 4.81. The van der Waals surface area contributed by atoms with Gasteiger partial charge in [-0.05, 0) is 25.4 Å². The van der Waals surface area contributed by atoms with Crippen LogP contribution in [0.15, 0.2) is 12.1 Å². The monoisotopic (exact) mass is 360 g/mol. The minimum Gasteiger partial charge on any atom is -0.302 e. The smallest absolute Gasteiger partial charge is 0.226 e. The van der Waals surface area contributed by atoms with Crippen LogP contribution in [-0.4, -0.2) is 22.9 Å². The van der Waals surface area contributed by atoms with E-state index >= 15 is 0 Å². The Bertz CT molecular complexity index is 696. The third kappa shape index (κ3) is 4.48. The van der Waals surface area contributed by atoms with Crippen LogP contribution in [0.3, 0.4) is 0 Å². The maximum absolute atomic E-state index is 13.8. The second-order valence-corrected chi connectivity index (χ2v) is 7.00. The summed E-state index contributed by atoms with van der Waals surface area (Å²) in [5, 5.41) is 2.90. The Morgan fingerprint density at radius 3 is 2.57 bits per heavy atom. The summed E-state index contributed by atoms with van der Waals surface area (Å²) in [7, 11) is 0. The van der Waals surface area contributed by atoms with Crippen LogP contribution in [0.5, 0.6) is 0 Å². The summed E-state index contributed by atoms with van der Waals surface area (Å²) >= 11 is 2.77. The molecule has 23 heavy (non-hydrogen) atoms. The lowest BCUT2D eigenvalue weighted by Gasteiger charge is -2.03. The van der Waals surface area contributed by atoms with Gasteiger partial charge < -0.3 is 5.32 Å². The molecule has 0 aliphatic rings. The molecule has 8 heteroatoms. The SMILES string of the molecule is CSCCCC(=O)Nc1nc(-c2c(F)cc(F)cc2F)c(C)s1. The molecule has 0 atom stereocenters. The normalized spacial score (nSPS) is 10.8. The van der Waals surface area contributed by atoms with Crippen molar-refractivity contribution in [1.82, 2.24) is 4.98 Å². The minimum atomic E-state index is -1.02. The largest absolute Gasteiger partial charge is 0.302 e. The zero-order valence-electron chi connectivity index (χ0n) is 12.6. The van der Waals surface area contributed by atoms with Gasteiger partial charge in [-0.25, -0.2) is 18.2 Å². The van der Waals surface area contributed by atoms with Crippen LogP contribution in [0.4, 0.5) is 18.3 Å². The van der Waals surface area contributed by atoms with Gasteiger partial charge in [-0.3, -0.25) is 4.79 Å². The van der Waals surface area contributed by atoms with E-state index in [1.54, 1.807) is 18.7 Å². The Balaban J connectivity index is 2.20. The fraction of sp³-hybridized carbons (Fsp3) is 0.333. The average Bonchev–Trinajstić information content (AvgIpc) is 2.78. The predicted octanol–water partition coefficient (Wildman–Crippen LogP) is 4.62. The summed E-state index contributed by atoms with van der Waals surface area (Å²) in [5.41, 5.74) is -0.313. The highest BCUT2D eigenvalue weighted by atomic mass is 32.2. The molecular formula is C15H15F3N2OS2. The number of rotatable bonds is 6. The molecule has 1 amide bonds. The van der Waals surface area contributed by atoms with Crippen molar-refractivity contribution in [1.29, 1.82) is 0 Å². The standard InChI is InChI=1S/C15H15F3N2OS2/c1-8-14(13-10(17)6-9(16)7-11(13)18)20-15(23-8)19-12(21)4-3-5-22-2/h6-7H,3-5H2,1-2H3,(H,19,20,21). The van der Waals surface area contributed by atoms with Gasteiger partial charge in [0.15, 0.2) is 5.13 Å². The van der Waals surface area contributed by atoms with Crippen LogP contribution < -0.4 is 5.32 Å². The third-order valence-corrected chi connectivity index (χ3v) is 4.62. The molecule has 0 spiro atoms. The van der Waals surface area contributed by atoms with E-state index in [1.165, 1.54) is 0 Å². The van der Waals surface area contributed by atoms with Crippen LogP contribution in [-0.2, 0) is 4.79 Å². The molecule has 124 valence electrons. The average molecular weight is 360 g/mol. The van der Waals surface area contributed by atoms with Gasteiger partial charge in [0, 0.05) is 23.4 Å². The van der Waals surface area contributed by atoms with Gasteiger partial charge in [-0.1, -0.05) is 0 Å². The molecule has 0 radical (unpaired) electrons. The lowest BCUT2D eigenvalue weighted by Crippen LogP contribution is -2.11. The molecule has 2 aromatic rings. The number of thioether (sulfide) groups is 1. The Morgan fingerprint density at radius 2 is 1.96 bits per heavy atom. The first-order valence-electron chi connectivity index (χ1n) is 6.83. The van der Waals surface area contributed by atoms with Crippen LogP contribution in [0.2, 0.25) is 0 Å². The number of halogens is 3. The van der Waals surface area contributed by atoms with Crippen molar-refractivity contribution in [2.24, 2.45) is 0 Å². The lowest BCUT2D eigenvalue weighted by atomic mass is 10.1. The number of amides is 1. The van der Waals surface area contributed by atoms with E-state index in [4.69, 9.17) is 0 Å². The number of hydrogen-bond donors (Lipinski definition) is 1. The molecule has 0 saturated heterocycles. The number of carbonyl (C=O) groups is 1. The topological polar surface area (TPSA) is 42.0 Å². The van der Waals surface area contributed by atoms with Crippen LogP contribution >= 0.6 is 23.1 Å². The zero-order valence-corrected chi connectivity index (χ0v) is 14.2. The molecule has 2 rings (SSSR count). The first-order valence-corrected chi connectivity index (χ1v) is 9.04. The summed E-state index contributed by atoms with van der Waals surface area (Å²) < 4.78 is 40.7. The molecule has 0 aliphatic carbocycles. The van der Waals surface area contributed by atoms with Crippen molar-refractivity contribution in [2.45, 2.75) is 19.8 Å². The van der Waals surface area contributed by atoms with Crippen LogP contribution in [0.1, 0.15) is 17.7 Å². The summed E-state index contributed by atoms with van der Waals surface area (Å²) in [6.07, 6.45) is 3.06. The highest BCUT2D eigenvalue weighted by Crippen LogP contribution is 2.34. The minimum absolute atomic E-state index is 0.0735. The number of aryl methyl sites for hydroxylation is 1. The maximum Gasteiger partial charge on any atom is 0.226 e. The summed E-state index contributed by atoms with van der Waals surface area (Å²) in [5.74, 6) is -2.34. The van der Waals surface area contributed by atoms with E-state index in [2.05, 4.69) is 10.3 Å². The van der Waals surface area contributed by atoms with E-state index in [1.807, 2.05) is 6.26 Å². The molecule has 0 fully saturated rings. The van der Waals surface area contributed by atoms with Crippen molar-refractivity contribution in [3.05, 3.63) is 34.5 Å².